The third-order valence-electron chi connectivity index (χ3n) is 2.90. The summed E-state index contributed by atoms with van der Waals surface area (Å²) in [5.41, 5.74) is 1.39. The summed E-state index contributed by atoms with van der Waals surface area (Å²) in [7, 11) is 0. The molecule has 0 radical (unpaired) electrons. The van der Waals surface area contributed by atoms with Gasteiger partial charge in [0.1, 0.15) is 0 Å². The molecule has 2 rings (SSSR count). The minimum absolute atomic E-state index is 0.179. The first kappa shape index (κ1) is 14.1. The summed E-state index contributed by atoms with van der Waals surface area (Å²) < 4.78 is 7.82. The number of aromatic nitrogens is 1. The van der Waals surface area contributed by atoms with E-state index in [1.54, 1.807) is 10.6 Å². The monoisotopic (exact) mass is 375 g/mol. The second-order valence-electron chi connectivity index (χ2n) is 4.34. The van der Waals surface area contributed by atoms with E-state index in [9.17, 15) is 9.59 Å². The van der Waals surface area contributed by atoms with Gasteiger partial charge >= 0.3 is 11.7 Å². The van der Waals surface area contributed by atoms with Crippen molar-refractivity contribution in [1.82, 2.24) is 4.57 Å². The highest BCUT2D eigenvalue weighted by Crippen LogP contribution is 2.17. The Morgan fingerprint density at radius 1 is 1.32 bits per heavy atom. The number of nitrogens with zero attached hydrogens (tertiary/aromatic N) is 1. The molecular weight excluding hydrogens is 361 g/mol. The third kappa shape index (κ3) is 3.59. The fourth-order valence-electron chi connectivity index (χ4n) is 1.97. The molecule has 2 aromatic rings. The zero-order valence-electron chi connectivity index (χ0n) is 10.3. The normalized spacial score (nSPS) is 11.0. The van der Waals surface area contributed by atoms with Crippen LogP contribution in [0.15, 0.2) is 27.4 Å². The van der Waals surface area contributed by atoms with Gasteiger partial charge in [-0.05, 0) is 53.6 Å². The van der Waals surface area contributed by atoms with Crippen LogP contribution in [0.5, 0.6) is 0 Å². The molecule has 102 valence electrons. The zero-order valence-corrected chi connectivity index (χ0v) is 12.4. The smallest absolute Gasteiger partial charge is 0.419 e. The molecule has 1 aromatic heterocycles. The minimum atomic E-state index is -0.777. The molecule has 0 aliphatic rings. The van der Waals surface area contributed by atoms with E-state index < -0.39 is 5.97 Å². The first-order valence-electron chi connectivity index (χ1n) is 6.08. The number of oxazole rings is 1. The van der Waals surface area contributed by atoms with Gasteiger partial charge in [-0.3, -0.25) is 9.36 Å². The van der Waals surface area contributed by atoms with Crippen molar-refractivity contribution in [2.24, 2.45) is 0 Å². The summed E-state index contributed by atoms with van der Waals surface area (Å²) in [6.45, 7) is 0.561. The molecule has 0 saturated heterocycles. The number of carbonyl (C=O) groups is 1. The fraction of sp³-hybridized carbons (Fsp3) is 0.385. The Morgan fingerprint density at radius 2 is 2.11 bits per heavy atom. The summed E-state index contributed by atoms with van der Waals surface area (Å²) in [6, 6.07) is 5.60. The van der Waals surface area contributed by atoms with Gasteiger partial charge in [-0.1, -0.05) is 6.42 Å². The highest BCUT2D eigenvalue weighted by atomic mass is 127. The van der Waals surface area contributed by atoms with Crippen molar-refractivity contribution >= 4 is 39.7 Å². The van der Waals surface area contributed by atoms with Crippen LogP contribution in [0.3, 0.4) is 0 Å². The molecule has 1 heterocycles. The average Bonchev–Trinajstić information content (AvgIpc) is 2.65. The average molecular weight is 375 g/mol. The van der Waals surface area contributed by atoms with E-state index in [1.807, 2.05) is 12.1 Å². The van der Waals surface area contributed by atoms with Crippen molar-refractivity contribution in [2.75, 3.05) is 0 Å². The Morgan fingerprint density at radius 3 is 2.84 bits per heavy atom. The van der Waals surface area contributed by atoms with Gasteiger partial charge in [-0.25, -0.2) is 4.79 Å². The number of hydrogen-bond donors (Lipinski definition) is 1. The van der Waals surface area contributed by atoms with Crippen molar-refractivity contribution in [3.05, 3.63) is 32.3 Å². The molecule has 0 aliphatic heterocycles. The lowest BCUT2D eigenvalue weighted by Gasteiger charge is -2.02. The Kier molecular flexibility index (Phi) is 4.62. The van der Waals surface area contributed by atoms with Crippen molar-refractivity contribution in [2.45, 2.75) is 32.2 Å². The van der Waals surface area contributed by atoms with Crippen LogP contribution in [0.25, 0.3) is 11.1 Å². The number of benzene rings is 1. The van der Waals surface area contributed by atoms with Gasteiger partial charge in [0.05, 0.1) is 5.52 Å². The number of fused-ring (bicyclic) bond motifs is 1. The van der Waals surface area contributed by atoms with Crippen molar-refractivity contribution in [3.63, 3.8) is 0 Å². The van der Waals surface area contributed by atoms with Crippen molar-refractivity contribution in [1.29, 1.82) is 0 Å². The second kappa shape index (κ2) is 6.23. The molecule has 0 atom stereocenters. The molecule has 6 heteroatoms. The summed E-state index contributed by atoms with van der Waals surface area (Å²) in [4.78, 5) is 22.1. The van der Waals surface area contributed by atoms with E-state index in [-0.39, 0.29) is 12.2 Å². The first-order valence-corrected chi connectivity index (χ1v) is 7.16. The molecule has 5 nitrogen and oxygen atoms in total. The lowest BCUT2D eigenvalue weighted by Crippen LogP contribution is -2.14. The van der Waals surface area contributed by atoms with E-state index in [1.165, 1.54) is 0 Å². The number of aliphatic carboxylic acids is 1. The van der Waals surface area contributed by atoms with E-state index in [0.29, 0.717) is 18.5 Å². The van der Waals surface area contributed by atoms with Crippen molar-refractivity contribution < 1.29 is 14.3 Å². The van der Waals surface area contributed by atoms with Gasteiger partial charge in [0.2, 0.25) is 0 Å². The van der Waals surface area contributed by atoms with Crippen molar-refractivity contribution in [3.8, 4) is 0 Å². The largest absolute Gasteiger partial charge is 0.481 e. The van der Waals surface area contributed by atoms with Crippen LogP contribution in [-0.2, 0) is 11.3 Å². The lowest BCUT2D eigenvalue weighted by atomic mass is 10.2. The zero-order chi connectivity index (χ0) is 13.8. The molecule has 0 bridgehead atoms. The quantitative estimate of drug-likeness (QED) is 0.623. The predicted molar refractivity (Wildman–Crippen MR) is 79.3 cm³/mol. The van der Waals surface area contributed by atoms with E-state index in [2.05, 4.69) is 22.6 Å². The number of carboxylic acids is 1. The van der Waals surface area contributed by atoms with Crippen LogP contribution < -0.4 is 5.76 Å². The summed E-state index contributed by atoms with van der Waals surface area (Å²) in [5.74, 6) is -1.13. The highest BCUT2D eigenvalue weighted by molar-refractivity contribution is 14.1. The van der Waals surface area contributed by atoms with E-state index in [0.717, 1.165) is 21.9 Å². The Labute approximate surface area is 123 Å². The standard InChI is InChI=1S/C13H14INO4/c14-9-5-6-11-10(8-9)15(13(18)19-11)7-3-1-2-4-12(16)17/h5-6,8H,1-4,7H2,(H,16,17). The molecule has 0 unspecified atom stereocenters. The van der Waals surface area contributed by atoms with Crippen LogP contribution in [0.4, 0.5) is 0 Å². The molecular formula is C13H14INO4. The first-order chi connectivity index (χ1) is 9.08. The minimum Gasteiger partial charge on any atom is -0.481 e. The molecule has 1 N–H and O–H groups in total. The molecule has 0 fully saturated rings. The Bertz CT molecular complexity index is 644. The van der Waals surface area contributed by atoms with Gasteiger partial charge in [-0.15, -0.1) is 0 Å². The lowest BCUT2D eigenvalue weighted by molar-refractivity contribution is -0.137. The summed E-state index contributed by atoms with van der Waals surface area (Å²) >= 11 is 2.19. The van der Waals surface area contributed by atoms with E-state index >= 15 is 0 Å². The number of halogens is 1. The maximum Gasteiger partial charge on any atom is 0.419 e. The Hall–Kier alpha value is -1.31. The van der Waals surface area contributed by atoms with Crippen LogP contribution in [-0.4, -0.2) is 15.6 Å². The highest BCUT2D eigenvalue weighted by Gasteiger charge is 2.09. The predicted octanol–water partition coefficient (Wildman–Crippen LogP) is 2.84. The molecule has 0 aliphatic carbocycles. The molecule has 1 aromatic carbocycles. The summed E-state index contributed by atoms with van der Waals surface area (Å²) in [5, 5.41) is 8.54. The van der Waals surface area contributed by atoms with Crippen LogP contribution in [0.1, 0.15) is 25.7 Å². The van der Waals surface area contributed by atoms with Crippen LogP contribution >= 0.6 is 22.6 Å². The summed E-state index contributed by atoms with van der Waals surface area (Å²) in [6.07, 6.45) is 2.37. The molecule has 19 heavy (non-hydrogen) atoms. The van der Waals surface area contributed by atoms with E-state index in [4.69, 9.17) is 9.52 Å². The van der Waals surface area contributed by atoms with Gasteiger partial charge in [-0.2, -0.15) is 0 Å². The third-order valence-corrected chi connectivity index (χ3v) is 3.57. The molecule has 0 spiro atoms. The van der Waals surface area contributed by atoms with Gasteiger partial charge in [0.25, 0.3) is 0 Å². The SMILES string of the molecule is O=C(O)CCCCCn1c(=O)oc2ccc(I)cc21. The number of aryl methyl sites for hydroxylation is 1. The number of unbranched alkanes of at least 4 members (excludes halogenated alkanes) is 2. The number of rotatable bonds is 6. The maximum atomic E-state index is 11.7. The number of hydrogen-bond acceptors (Lipinski definition) is 3. The topological polar surface area (TPSA) is 72.4 Å². The molecule has 0 amide bonds. The second-order valence-corrected chi connectivity index (χ2v) is 5.58. The van der Waals surface area contributed by atoms with Gasteiger partial charge in [0, 0.05) is 16.5 Å². The van der Waals surface area contributed by atoms with Crippen LogP contribution in [0, 0.1) is 3.57 Å². The Balaban J connectivity index is 2.04. The van der Waals surface area contributed by atoms with Gasteiger partial charge < -0.3 is 9.52 Å². The fourth-order valence-corrected chi connectivity index (χ4v) is 2.44. The maximum absolute atomic E-state index is 11.7. The number of carboxylic acid groups (broad SMARTS) is 1. The van der Waals surface area contributed by atoms with Crippen LogP contribution in [0.2, 0.25) is 0 Å². The molecule has 0 saturated carbocycles. The van der Waals surface area contributed by atoms with Gasteiger partial charge in [0.15, 0.2) is 5.58 Å².